The van der Waals surface area contributed by atoms with E-state index in [4.69, 9.17) is 0 Å². The lowest BCUT2D eigenvalue weighted by Gasteiger charge is -2.26. The summed E-state index contributed by atoms with van der Waals surface area (Å²) in [6.45, 7) is 5.23. The van der Waals surface area contributed by atoms with E-state index in [1.807, 2.05) is 13.1 Å². The summed E-state index contributed by atoms with van der Waals surface area (Å²) >= 11 is 0. The van der Waals surface area contributed by atoms with Crippen molar-refractivity contribution < 1.29 is 0 Å². The van der Waals surface area contributed by atoms with Crippen LogP contribution in [-0.4, -0.2) is 13.6 Å². The fraction of sp³-hybridized carbons (Fsp3) is 0.250. The summed E-state index contributed by atoms with van der Waals surface area (Å²) in [5.74, 6) is 0. The average molecular weight is 240 g/mol. The molecule has 0 bridgehead atoms. The first-order valence-corrected chi connectivity index (χ1v) is 6.37. The molecular formula is C16H20N2. The van der Waals surface area contributed by atoms with Crippen LogP contribution in [0.1, 0.15) is 12.5 Å². The van der Waals surface area contributed by atoms with Gasteiger partial charge in [-0.15, -0.1) is 0 Å². The highest BCUT2D eigenvalue weighted by atomic mass is 15.1. The third kappa shape index (κ3) is 2.48. The van der Waals surface area contributed by atoms with Gasteiger partial charge in [-0.25, -0.2) is 0 Å². The van der Waals surface area contributed by atoms with Gasteiger partial charge in [0, 0.05) is 19.3 Å². The van der Waals surface area contributed by atoms with Crippen LogP contribution in [-0.2, 0) is 0 Å². The molecule has 0 aliphatic heterocycles. The molecule has 94 valence electrons. The molecule has 2 aromatic rings. The molecule has 0 spiro atoms. The quantitative estimate of drug-likeness (QED) is 0.861. The normalized spacial score (nSPS) is 10.2. The topological polar surface area (TPSA) is 15.3 Å². The van der Waals surface area contributed by atoms with Crippen molar-refractivity contribution in [1.82, 2.24) is 0 Å². The van der Waals surface area contributed by atoms with Gasteiger partial charge < -0.3 is 10.2 Å². The third-order valence-electron chi connectivity index (χ3n) is 3.10. The second kappa shape index (κ2) is 5.58. The van der Waals surface area contributed by atoms with Gasteiger partial charge in [-0.1, -0.05) is 24.3 Å². The maximum absolute atomic E-state index is 3.28. The highest BCUT2D eigenvalue weighted by Crippen LogP contribution is 2.32. The molecule has 0 saturated heterocycles. The van der Waals surface area contributed by atoms with E-state index in [1.165, 1.54) is 22.6 Å². The Morgan fingerprint density at radius 3 is 2.39 bits per heavy atom. The van der Waals surface area contributed by atoms with Gasteiger partial charge in [0.25, 0.3) is 0 Å². The Kier molecular flexibility index (Phi) is 3.88. The monoisotopic (exact) mass is 240 g/mol. The first-order chi connectivity index (χ1) is 8.76. The number of hydrogen-bond acceptors (Lipinski definition) is 2. The minimum absolute atomic E-state index is 0.946. The van der Waals surface area contributed by atoms with Gasteiger partial charge in [0.05, 0.1) is 11.4 Å². The number of rotatable bonds is 4. The molecule has 0 amide bonds. The van der Waals surface area contributed by atoms with E-state index >= 15 is 0 Å². The Bertz CT molecular complexity index is 506. The fourth-order valence-electron chi connectivity index (χ4n) is 2.19. The molecule has 2 heteroatoms. The van der Waals surface area contributed by atoms with Crippen LogP contribution in [0.2, 0.25) is 0 Å². The van der Waals surface area contributed by atoms with Gasteiger partial charge in [0.15, 0.2) is 0 Å². The van der Waals surface area contributed by atoms with E-state index < -0.39 is 0 Å². The van der Waals surface area contributed by atoms with Crippen LogP contribution in [0, 0.1) is 6.92 Å². The predicted molar refractivity (Wildman–Crippen MR) is 79.8 cm³/mol. The van der Waals surface area contributed by atoms with E-state index in [1.54, 1.807) is 0 Å². The Hall–Kier alpha value is -1.96. The van der Waals surface area contributed by atoms with Crippen molar-refractivity contribution >= 4 is 17.1 Å². The van der Waals surface area contributed by atoms with Crippen LogP contribution in [0.5, 0.6) is 0 Å². The van der Waals surface area contributed by atoms with E-state index in [0.717, 1.165) is 6.54 Å². The number of aryl methyl sites for hydroxylation is 1. The predicted octanol–water partition coefficient (Wildman–Crippen LogP) is 4.19. The van der Waals surface area contributed by atoms with Crippen LogP contribution in [0.25, 0.3) is 0 Å². The highest BCUT2D eigenvalue weighted by Gasteiger charge is 2.10. The summed E-state index contributed by atoms with van der Waals surface area (Å²) in [6.07, 6.45) is 0. The Labute approximate surface area is 109 Å². The minimum atomic E-state index is 0.946. The van der Waals surface area contributed by atoms with Crippen molar-refractivity contribution in [2.75, 3.05) is 23.8 Å². The molecule has 0 fully saturated rings. The fourth-order valence-corrected chi connectivity index (χ4v) is 2.19. The molecule has 0 heterocycles. The lowest BCUT2D eigenvalue weighted by atomic mass is 10.1. The minimum Gasteiger partial charge on any atom is -0.386 e. The molecule has 0 aliphatic carbocycles. The number of anilines is 3. The van der Waals surface area contributed by atoms with Crippen LogP contribution >= 0.6 is 0 Å². The summed E-state index contributed by atoms with van der Waals surface area (Å²) in [7, 11) is 1.97. The zero-order chi connectivity index (χ0) is 13.0. The van der Waals surface area contributed by atoms with Gasteiger partial charge in [-0.2, -0.15) is 0 Å². The molecule has 0 saturated carbocycles. The van der Waals surface area contributed by atoms with Gasteiger partial charge >= 0.3 is 0 Å². The summed E-state index contributed by atoms with van der Waals surface area (Å²) < 4.78 is 0. The van der Waals surface area contributed by atoms with Crippen LogP contribution in [0.4, 0.5) is 17.1 Å². The Morgan fingerprint density at radius 2 is 1.78 bits per heavy atom. The maximum Gasteiger partial charge on any atom is 0.0646 e. The highest BCUT2D eigenvalue weighted by molar-refractivity contribution is 5.76. The van der Waals surface area contributed by atoms with Crippen molar-refractivity contribution in [3.8, 4) is 0 Å². The van der Waals surface area contributed by atoms with Crippen molar-refractivity contribution in [3.63, 3.8) is 0 Å². The number of nitrogens with one attached hydrogen (secondary N) is 1. The molecule has 0 unspecified atom stereocenters. The number of hydrogen-bond donors (Lipinski definition) is 1. The van der Waals surface area contributed by atoms with Crippen LogP contribution in [0.15, 0.2) is 48.5 Å². The average Bonchev–Trinajstić information content (AvgIpc) is 2.42. The van der Waals surface area contributed by atoms with E-state index in [0.29, 0.717) is 0 Å². The molecule has 0 radical (unpaired) electrons. The van der Waals surface area contributed by atoms with Crippen LogP contribution in [0.3, 0.4) is 0 Å². The van der Waals surface area contributed by atoms with Gasteiger partial charge in [0.2, 0.25) is 0 Å². The first-order valence-electron chi connectivity index (χ1n) is 6.37. The summed E-state index contributed by atoms with van der Waals surface area (Å²) in [5, 5.41) is 3.28. The molecule has 1 N–H and O–H groups in total. The summed E-state index contributed by atoms with van der Waals surface area (Å²) in [4.78, 5) is 2.31. The number of benzene rings is 2. The molecule has 0 aliphatic rings. The zero-order valence-corrected chi connectivity index (χ0v) is 11.3. The van der Waals surface area contributed by atoms with Crippen LogP contribution < -0.4 is 10.2 Å². The SMILES string of the molecule is CCN(c1ccccc1)c1ccc(C)cc1NC. The third-order valence-corrected chi connectivity index (χ3v) is 3.10. The molecular weight excluding hydrogens is 220 g/mol. The smallest absolute Gasteiger partial charge is 0.0646 e. The lowest BCUT2D eigenvalue weighted by Crippen LogP contribution is -2.17. The maximum atomic E-state index is 3.28. The molecule has 18 heavy (non-hydrogen) atoms. The standard InChI is InChI=1S/C16H20N2/c1-4-18(14-8-6-5-7-9-14)16-11-10-13(2)12-15(16)17-3/h5-12,17H,4H2,1-3H3. The van der Waals surface area contributed by atoms with Gasteiger partial charge in [-0.05, 0) is 43.7 Å². The van der Waals surface area contributed by atoms with Crippen molar-refractivity contribution in [2.45, 2.75) is 13.8 Å². The first kappa shape index (κ1) is 12.5. The molecule has 2 nitrogen and oxygen atoms in total. The molecule has 0 atom stereocenters. The van der Waals surface area contributed by atoms with E-state index in [9.17, 15) is 0 Å². The summed E-state index contributed by atoms with van der Waals surface area (Å²) in [6, 6.07) is 17.0. The number of para-hydroxylation sites is 1. The molecule has 2 aromatic carbocycles. The van der Waals surface area contributed by atoms with E-state index in [-0.39, 0.29) is 0 Å². The van der Waals surface area contributed by atoms with Gasteiger partial charge in [-0.3, -0.25) is 0 Å². The second-order valence-corrected chi connectivity index (χ2v) is 4.35. The summed E-state index contributed by atoms with van der Waals surface area (Å²) in [5.41, 5.74) is 4.88. The molecule has 2 rings (SSSR count). The number of nitrogens with zero attached hydrogens (tertiary/aromatic N) is 1. The van der Waals surface area contributed by atoms with Crippen molar-refractivity contribution in [1.29, 1.82) is 0 Å². The van der Waals surface area contributed by atoms with Crippen molar-refractivity contribution in [3.05, 3.63) is 54.1 Å². The Morgan fingerprint density at radius 1 is 1.06 bits per heavy atom. The lowest BCUT2D eigenvalue weighted by molar-refractivity contribution is 1.02. The molecule has 0 aromatic heterocycles. The largest absolute Gasteiger partial charge is 0.386 e. The van der Waals surface area contributed by atoms with Gasteiger partial charge in [0.1, 0.15) is 0 Å². The zero-order valence-electron chi connectivity index (χ0n) is 11.3. The Balaban J connectivity index is 2.45. The van der Waals surface area contributed by atoms with E-state index in [2.05, 4.69) is 66.5 Å². The second-order valence-electron chi connectivity index (χ2n) is 4.35. The van der Waals surface area contributed by atoms with Crippen molar-refractivity contribution in [2.24, 2.45) is 0 Å².